The quantitative estimate of drug-likeness (QED) is 0.591. The van der Waals surface area contributed by atoms with Gasteiger partial charge in [-0.2, -0.15) is 11.3 Å². The number of amides is 2. The van der Waals surface area contributed by atoms with Gasteiger partial charge in [0.05, 0.1) is 17.9 Å². The van der Waals surface area contributed by atoms with Gasteiger partial charge in [-0.05, 0) is 53.3 Å². The molecule has 31 heavy (non-hydrogen) atoms. The van der Waals surface area contributed by atoms with Gasteiger partial charge in [-0.15, -0.1) is 0 Å². The van der Waals surface area contributed by atoms with Crippen LogP contribution in [0.3, 0.4) is 0 Å². The molecule has 1 aliphatic heterocycles. The molecule has 1 aliphatic rings. The van der Waals surface area contributed by atoms with E-state index in [1.165, 1.54) is 11.1 Å². The van der Waals surface area contributed by atoms with Crippen molar-refractivity contribution in [3.05, 3.63) is 64.9 Å². The second-order valence-corrected chi connectivity index (χ2v) is 9.19. The van der Waals surface area contributed by atoms with Gasteiger partial charge in [0.15, 0.2) is 0 Å². The van der Waals surface area contributed by atoms with E-state index < -0.39 is 5.41 Å². The number of carbonyl (C=O) groups excluding carboxylic acids is 2. The fourth-order valence-corrected chi connectivity index (χ4v) is 5.13. The molecule has 0 saturated carbocycles. The molecule has 1 aromatic carbocycles. The Hall–Kier alpha value is -2.93. The zero-order valence-electron chi connectivity index (χ0n) is 18.2. The lowest BCUT2D eigenvalue weighted by molar-refractivity contribution is -0.138. The van der Waals surface area contributed by atoms with Crippen molar-refractivity contribution in [2.24, 2.45) is 5.41 Å². The molecule has 0 spiro atoms. The van der Waals surface area contributed by atoms with E-state index in [0.29, 0.717) is 38.2 Å². The summed E-state index contributed by atoms with van der Waals surface area (Å²) in [6.07, 6.45) is 4.56. The zero-order valence-corrected chi connectivity index (χ0v) is 19.1. The second kappa shape index (κ2) is 8.67. The number of benzene rings is 1. The third-order valence-electron chi connectivity index (χ3n) is 6.12. The third kappa shape index (κ3) is 4.14. The molecular formula is C24H28N4O2S. The molecule has 7 heteroatoms. The summed E-state index contributed by atoms with van der Waals surface area (Å²) < 4.78 is 1.85. The number of aromatic nitrogens is 2. The van der Waals surface area contributed by atoms with Crippen molar-refractivity contribution in [2.75, 3.05) is 27.2 Å². The highest BCUT2D eigenvalue weighted by atomic mass is 32.1. The molecule has 2 aromatic heterocycles. The van der Waals surface area contributed by atoms with E-state index in [1.54, 1.807) is 42.9 Å². The minimum atomic E-state index is -0.611. The largest absolute Gasteiger partial charge is 0.348 e. The van der Waals surface area contributed by atoms with E-state index in [2.05, 4.69) is 46.1 Å². The average molecular weight is 437 g/mol. The molecule has 0 bridgehead atoms. The van der Waals surface area contributed by atoms with Crippen molar-refractivity contribution in [1.29, 1.82) is 0 Å². The molecule has 1 saturated heterocycles. The Kier molecular flexibility index (Phi) is 5.96. The van der Waals surface area contributed by atoms with Crippen LogP contribution in [0.2, 0.25) is 0 Å². The minimum absolute atomic E-state index is 0.0550. The van der Waals surface area contributed by atoms with Gasteiger partial charge in [-0.25, -0.2) is 4.98 Å². The lowest BCUT2D eigenvalue weighted by atomic mass is 9.79. The topological polar surface area (TPSA) is 58.4 Å². The first-order valence-electron chi connectivity index (χ1n) is 10.6. The van der Waals surface area contributed by atoms with Gasteiger partial charge in [0.25, 0.3) is 5.91 Å². The van der Waals surface area contributed by atoms with Gasteiger partial charge in [-0.3, -0.25) is 9.59 Å². The first kappa shape index (κ1) is 21.3. The van der Waals surface area contributed by atoms with Gasteiger partial charge in [-0.1, -0.05) is 24.3 Å². The van der Waals surface area contributed by atoms with Crippen LogP contribution in [0.15, 0.2) is 53.6 Å². The maximum atomic E-state index is 13.3. The summed E-state index contributed by atoms with van der Waals surface area (Å²) in [5.74, 6) is 0.0225. The molecule has 0 unspecified atom stereocenters. The van der Waals surface area contributed by atoms with E-state index in [1.807, 2.05) is 16.4 Å². The van der Waals surface area contributed by atoms with E-state index in [0.717, 1.165) is 5.56 Å². The molecule has 162 valence electrons. The van der Waals surface area contributed by atoms with Gasteiger partial charge >= 0.3 is 0 Å². The van der Waals surface area contributed by atoms with E-state index in [9.17, 15) is 9.59 Å². The van der Waals surface area contributed by atoms with Crippen LogP contribution in [0, 0.1) is 5.41 Å². The summed E-state index contributed by atoms with van der Waals surface area (Å²) in [5, 5.41) is 4.20. The fraction of sp³-hybridized carbons (Fsp3) is 0.375. The summed E-state index contributed by atoms with van der Waals surface area (Å²) in [6, 6.07) is 10.5. The van der Waals surface area contributed by atoms with Crippen LogP contribution in [0.4, 0.5) is 0 Å². The molecule has 2 amide bonds. The maximum absolute atomic E-state index is 13.3. The van der Waals surface area contributed by atoms with Gasteiger partial charge in [0.2, 0.25) is 5.91 Å². The summed E-state index contributed by atoms with van der Waals surface area (Å²) >= 11 is 1.68. The van der Waals surface area contributed by atoms with Crippen LogP contribution in [0.25, 0.3) is 11.1 Å². The predicted octanol–water partition coefficient (Wildman–Crippen LogP) is 3.79. The molecule has 1 fully saturated rings. The molecule has 0 N–H and O–H groups in total. The number of aryl methyl sites for hydroxylation is 1. The van der Waals surface area contributed by atoms with Crippen molar-refractivity contribution < 1.29 is 9.59 Å². The zero-order chi connectivity index (χ0) is 22.0. The van der Waals surface area contributed by atoms with Crippen molar-refractivity contribution in [3.8, 4) is 11.1 Å². The summed E-state index contributed by atoms with van der Waals surface area (Å²) in [7, 11) is 3.58. The van der Waals surface area contributed by atoms with Crippen LogP contribution < -0.4 is 0 Å². The smallest absolute Gasteiger partial charge is 0.272 e. The first-order chi connectivity index (χ1) is 14.9. The Morgan fingerprint density at radius 1 is 1.16 bits per heavy atom. The summed E-state index contributed by atoms with van der Waals surface area (Å²) in [4.78, 5) is 34.0. The highest BCUT2D eigenvalue weighted by molar-refractivity contribution is 7.08. The van der Waals surface area contributed by atoms with Crippen molar-refractivity contribution in [1.82, 2.24) is 19.4 Å². The Balaban J connectivity index is 1.57. The molecule has 0 radical (unpaired) electrons. The molecular weight excluding hydrogens is 408 g/mol. The first-order valence-corrected chi connectivity index (χ1v) is 11.5. The summed E-state index contributed by atoms with van der Waals surface area (Å²) in [6.45, 7) is 3.67. The Bertz CT molecular complexity index is 1060. The fourth-order valence-electron chi connectivity index (χ4n) is 4.46. The molecule has 3 heterocycles. The van der Waals surface area contributed by atoms with Crippen LogP contribution in [-0.2, 0) is 17.8 Å². The molecule has 4 rings (SSSR count). The lowest BCUT2D eigenvalue weighted by Gasteiger charge is -2.31. The van der Waals surface area contributed by atoms with Crippen LogP contribution >= 0.6 is 11.3 Å². The van der Waals surface area contributed by atoms with Crippen molar-refractivity contribution >= 4 is 23.2 Å². The second-order valence-electron chi connectivity index (χ2n) is 8.41. The third-order valence-corrected chi connectivity index (χ3v) is 6.81. The number of hydrogen-bond donors (Lipinski definition) is 0. The monoisotopic (exact) mass is 436 g/mol. The van der Waals surface area contributed by atoms with Crippen LogP contribution in [0.1, 0.15) is 29.4 Å². The van der Waals surface area contributed by atoms with Gasteiger partial charge < -0.3 is 14.4 Å². The number of thiophene rings is 1. The normalized spacial score (nSPS) is 18.4. The number of likely N-dealkylation sites (tertiary alicyclic amines) is 1. The number of imidazole rings is 1. The van der Waals surface area contributed by atoms with E-state index in [4.69, 9.17) is 0 Å². The number of rotatable bonds is 6. The molecule has 0 aliphatic carbocycles. The number of nitrogens with zero attached hydrogens (tertiary/aromatic N) is 4. The minimum Gasteiger partial charge on any atom is -0.348 e. The van der Waals surface area contributed by atoms with Crippen molar-refractivity contribution in [3.63, 3.8) is 0 Å². The molecule has 6 nitrogen and oxygen atoms in total. The Labute approximate surface area is 187 Å². The predicted molar refractivity (Wildman–Crippen MR) is 123 cm³/mol. The van der Waals surface area contributed by atoms with Gasteiger partial charge in [0.1, 0.15) is 5.69 Å². The van der Waals surface area contributed by atoms with E-state index in [-0.39, 0.29) is 11.8 Å². The highest BCUT2D eigenvalue weighted by Crippen LogP contribution is 2.37. The molecule has 3 aromatic rings. The van der Waals surface area contributed by atoms with E-state index >= 15 is 0 Å². The summed E-state index contributed by atoms with van der Waals surface area (Å²) in [5.41, 5.74) is 3.47. The Morgan fingerprint density at radius 3 is 2.58 bits per heavy atom. The number of carbonyl (C=O) groups is 2. The molecule has 1 atom stereocenters. The number of hydrogen-bond acceptors (Lipinski definition) is 4. The van der Waals surface area contributed by atoms with Crippen LogP contribution in [-0.4, -0.2) is 58.4 Å². The lowest BCUT2D eigenvalue weighted by Crippen LogP contribution is -2.44. The standard InChI is InChI=1S/C24H28N4O2S/c1-4-27-17-25-14-21(27)22(29)28-11-10-24(16-28,23(30)26(2)3)13-18-5-7-19(8-6-18)20-9-12-31-15-20/h5-9,12,14-15,17H,4,10-11,13,16H2,1-3H3/t24-/m1/s1. The maximum Gasteiger partial charge on any atom is 0.272 e. The Morgan fingerprint density at radius 2 is 1.94 bits per heavy atom. The SMILES string of the molecule is CCn1cncc1C(=O)N1CC[C@](Cc2ccc(-c3ccsc3)cc2)(C(=O)N(C)C)C1. The highest BCUT2D eigenvalue weighted by Gasteiger charge is 2.47. The van der Waals surface area contributed by atoms with Crippen molar-refractivity contribution in [2.45, 2.75) is 26.3 Å². The average Bonchev–Trinajstić information content (AvgIpc) is 3.54. The van der Waals surface area contributed by atoms with Crippen LogP contribution in [0.5, 0.6) is 0 Å². The van der Waals surface area contributed by atoms with Gasteiger partial charge in [0, 0.05) is 33.7 Å².